The normalized spacial score (nSPS) is 13.5. The van der Waals surface area contributed by atoms with E-state index >= 15 is 0 Å². The van der Waals surface area contributed by atoms with E-state index in [-0.39, 0.29) is 12.0 Å². The highest BCUT2D eigenvalue weighted by Gasteiger charge is 2.39. The van der Waals surface area contributed by atoms with Gasteiger partial charge < -0.3 is 10.0 Å². The number of benzene rings is 1. The van der Waals surface area contributed by atoms with Crippen molar-refractivity contribution in [2.75, 3.05) is 25.6 Å². The van der Waals surface area contributed by atoms with Crippen molar-refractivity contribution in [3.05, 3.63) is 29.8 Å². The van der Waals surface area contributed by atoms with Crippen molar-refractivity contribution in [2.45, 2.75) is 18.5 Å². The standard InChI is InChI=1S/C12H16F3NO/c1-16(2)10-5-3-9(4-6-10)11(7-8-17)12(13,14)15/h3-6,11,17H,7-8H2,1-2H3. The van der Waals surface area contributed by atoms with Gasteiger partial charge in [-0.25, -0.2) is 0 Å². The molecule has 1 N–H and O–H groups in total. The first-order valence-electron chi connectivity index (χ1n) is 5.31. The van der Waals surface area contributed by atoms with E-state index in [1.54, 1.807) is 12.1 Å². The lowest BCUT2D eigenvalue weighted by Crippen LogP contribution is -2.22. The van der Waals surface area contributed by atoms with E-state index in [1.807, 2.05) is 19.0 Å². The highest BCUT2D eigenvalue weighted by molar-refractivity contribution is 5.46. The molecule has 0 saturated carbocycles. The second kappa shape index (κ2) is 5.40. The van der Waals surface area contributed by atoms with E-state index < -0.39 is 18.7 Å². The molecule has 0 bridgehead atoms. The minimum Gasteiger partial charge on any atom is -0.396 e. The molecule has 0 fully saturated rings. The van der Waals surface area contributed by atoms with Gasteiger partial charge in [-0.1, -0.05) is 12.1 Å². The van der Waals surface area contributed by atoms with Crippen LogP contribution in [0.4, 0.5) is 18.9 Å². The Morgan fingerprint density at radius 1 is 1.18 bits per heavy atom. The molecular formula is C12H16F3NO. The molecule has 1 unspecified atom stereocenters. The molecule has 96 valence electrons. The number of alkyl halides is 3. The van der Waals surface area contributed by atoms with Crippen LogP contribution in [0.2, 0.25) is 0 Å². The summed E-state index contributed by atoms with van der Waals surface area (Å²) in [5.41, 5.74) is 1.04. The lowest BCUT2D eigenvalue weighted by molar-refractivity contribution is -0.153. The predicted molar refractivity (Wildman–Crippen MR) is 61.3 cm³/mol. The number of hydrogen-bond acceptors (Lipinski definition) is 2. The fourth-order valence-corrected chi connectivity index (χ4v) is 1.65. The summed E-state index contributed by atoms with van der Waals surface area (Å²) in [5, 5.41) is 8.70. The Kier molecular flexibility index (Phi) is 4.40. The number of aliphatic hydroxyl groups is 1. The molecule has 0 heterocycles. The van der Waals surface area contributed by atoms with Crippen LogP contribution in [0.3, 0.4) is 0 Å². The Morgan fingerprint density at radius 2 is 1.71 bits per heavy atom. The van der Waals surface area contributed by atoms with Gasteiger partial charge in [0.2, 0.25) is 0 Å². The Balaban J connectivity index is 2.95. The topological polar surface area (TPSA) is 23.5 Å². The minimum atomic E-state index is -4.32. The average Bonchev–Trinajstić information content (AvgIpc) is 2.24. The maximum absolute atomic E-state index is 12.7. The molecule has 2 nitrogen and oxygen atoms in total. The highest BCUT2D eigenvalue weighted by atomic mass is 19.4. The summed E-state index contributed by atoms with van der Waals surface area (Å²) in [6.45, 7) is -0.473. The fraction of sp³-hybridized carbons (Fsp3) is 0.500. The van der Waals surface area contributed by atoms with Crippen molar-refractivity contribution in [3.63, 3.8) is 0 Å². The van der Waals surface area contributed by atoms with Gasteiger partial charge in [-0.15, -0.1) is 0 Å². The van der Waals surface area contributed by atoms with Crippen LogP contribution in [-0.4, -0.2) is 32.0 Å². The van der Waals surface area contributed by atoms with Crippen LogP contribution in [0, 0.1) is 0 Å². The van der Waals surface area contributed by atoms with Crippen LogP contribution in [0.5, 0.6) is 0 Å². The summed E-state index contributed by atoms with van der Waals surface area (Å²) >= 11 is 0. The largest absolute Gasteiger partial charge is 0.396 e. The molecule has 0 aliphatic carbocycles. The molecule has 5 heteroatoms. The molecule has 1 atom stereocenters. The summed E-state index contributed by atoms with van der Waals surface area (Å²) in [4.78, 5) is 1.82. The maximum Gasteiger partial charge on any atom is 0.395 e. The lowest BCUT2D eigenvalue weighted by atomic mass is 9.95. The third-order valence-electron chi connectivity index (χ3n) is 2.62. The predicted octanol–water partition coefficient (Wildman–Crippen LogP) is 2.78. The van der Waals surface area contributed by atoms with Crippen molar-refractivity contribution >= 4 is 5.69 Å². The molecule has 0 aliphatic heterocycles. The zero-order chi connectivity index (χ0) is 13.1. The lowest BCUT2D eigenvalue weighted by Gasteiger charge is -2.21. The van der Waals surface area contributed by atoms with E-state index in [9.17, 15) is 13.2 Å². The van der Waals surface area contributed by atoms with Crippen LogP contribution in [0.1, 0.15) is 17.9 Å². The van der Waals surface area contributed by atoms with E-state index in [2.05, 4.69) is 0 Å². The van der Waals surface area contributed by atoms with Gasteiger partial charge in [0, 0.05) is 26.4 Å². The molecule has 0 aliphatic rings. The quantitative estimate of drug-likeness (QED) is 0.884. The van der Waals surface area contributed by atoms with Crippen LogP contribution >= 0.6 is 0 Å². The smallest absolute Gasteiger partial charge is 0.395 e. The molecule has 17 heavy (non-hydrogen) atoms. The van der Waals surface area contributed by atoms with Gasteiger partial charge in [-0.2, -0.15) is 13.2 Å². The molecule has 0 radical (unpaired) electrons. The molecule has 1 aromatic rings. The monoisotopic (exact) mass is 247 g/mol. The number of aliphatic hydroxyl groups excluding tert-OH is 1. The first-order valence-corrected chi connectivity index (χ1v) is 5.31. The fourth-order valence-electron chi connectivity index (χ4n) is 1.65. The maximum atomic E-state index is 12.7. The van der Waals surface area contributed by atoms with Crippen LogP contribution in [0.25, 0.3) is 0 Å². The summed E-state index contributed by atoms with van der Waals surface area (Å²) in [6, 6.07) is 6.21. The Labute approximate surface area is 98.7 Å². The molecule has 1 aromatic carbocycles. The van der Waals surface area contributed by atoms with Crippen molar-refractivity contribution in [2.24, 2.45) is 0 Å². The third kappa shape index (κ3) is 3.63. The summed E-state index contributed by atoms with van der Waals surface area (Å²) in [6.07, 6.45) is -4.62. The van der Waals surface area contributed by atoms with Gasteiger partial charge >= 0.3 is 6.18 Å². The highest BCUT2D eigenvalue weighted by Crippen LogP contribution is 2.37. The Bertz CT molecular complexity index is 346. The first kappa shape index (κ1) is 13.8. The molecule has 0 amide bonds. The van der Waals surface area contributed by atoms with Gasteiger partial charge in [-0.05, 0) is 24.1 Å². The molecular weight excluding hydrogens is 231 g/mol. The van der Waals surface area contributed by atoms with E-state index in [0.29, 0.717) is 0 Å². The number of rotatable bonds is 4. The van der Waals surface area contributed by atoms with Crippen LogP contribution < -0.4 is 4.90 Å². The van der Waals surface area contributed by atoms with Crippen molar-refractivity contribution in [1.82, 2.24) is 0 Å². The van der Waals surface area contributed by atoms with Crippen molar-refractivity contribution < 1.29 is 18.3 Å². The van der Waals surface area contributed by atoms with Gasteiger partial charge in [0.25, 0.3) is 0 Å². The number of nitrogens with zero attached hydrogens (tertiary/aromatic N) is 1. The van der Waals surface area contributed by atoms with Crippen molar-refractivity contribution in [3.8, 4) is 0 Å². The summed E-state index contributed by atoms with van der Waals surface area (Å²) in [5.74, 6) is -1.59. The molecule has 1 rings (SSSR count). The molecule has 0 spiro atoms. The van der Waals surface area contributed by atoms with Crippen LogP contribution in [0.15, 0.2) is 24.3 Å². The second-order valence-electron chi connectivity index (χ2n) is 4.09. The zero-order valence-corrected chi connectivity index (χ0v) is 9.83. The van der Waals surface area contributed by atoms with Gasteiger partial charge in [-0.3, -0.25) is 0 Å². The molecule has 0 saturated heterocycles. The van der Waals surface area contributed by atoms with Crippen LogP contribution in [-0.2, 0) is 0 Å². The zero-order valence-electron chi connectivity index (χ0n) is 9.83. The van der Waals surface area contributed by atoms with Gasteiger partial charge in [0.1, 0.15) is 0 Å². The third-order valence-corrected chi connectivity index (χ3v) is 2.62. The summed E-state index contributed by atoms with van der Waals surface area (Å²) < 4.78 is 38.2. The van der Waals surface area contributed by atoms with E-state index in [4.69, 9.17) is 5.11 Å². The van der Waals surface area contributed by atoms with Gasteiger partial charge in [0.05, 0.1) is 5.92 Å². The summed E-state index contributed by atoms with van der Waals surface area (Å²) in [7, 11) is 3.65. The van der Waals surface area contributed by atoms with E-state index in [1.165, 1.54) is 12.1 Å². The van der Waals surface area contributed by atoms with Gasteiger partial charge in [0.15, 0.2) is 0 Å². The first-order chi connectivity index (χ1) is 7.86. The number of anilines is 1. The number of hydrogen-bond donors (Lipinski definition) is 1. The van der Waals surface area contributed by atoms with E-state index in [0.717, 1.165) is 5.69 Å². The van der Waals surface area contributed by atoms with Crippen molar-refractivity contribution in [1.29, 1.82) is 0 Å². The Hall–Kier alpha value is -1.23. The Morgan fingerprint density at radius 3 is 2.06 bits per heavy atom. The minimum absolute atomic E-state index is 0.192. The number of halogens is 3. The molecule has 0 aromatic heterocycles. The average molecular weight is 247 g/mol. The second-order valence-corrected chi connectivity index (χ2v) is 4.09. The SMILES string of the molecule is CN(C)c1ccc(C(CCO)C(F)(F)F)cc1.